The van der Waals surface area contributed by atoms with Gasteiger partial charge in [-0.3, -0.25) is 9.59 Å². The van der Waals surface area contributed by atoms with Gasteiger partial charge >= 0.3 is 5.97 Å². The lowest BCUT2D eigenvalue weighted by molar-refractivity contribution is -0.154. The van der Waals surface area contributed by atoms with E-state index in [0.29, 0.717) is 18.9 Å². The van der Waals surface area contributed by atoms with Crippen LogP contribution < -0.4 is 10.1 Å². The van der Waals surface area contributed by atoms with Crippen LogP contribution in [-0.2, 0) is 27.4 Å². The Morgan fingerprint density at radius 1 is 1.22 bits per heavy atom. The number of esters is 1. The second-order valence-corrected chi connectivity index (χ2v) is 6.34. The number of carbonyl (C=O) groups excluding carboxylic acids is 2. The molecule has 1 amide bonds. The lowest BCUT2D eigenvalue weighted by atomic mass is 10.1. The van der Waals surface area contributed by atoms with Crippen molar-refractivity contribution < 1.29 is 23.6 Å². The molecule has 0 aliphatic rings. The molecule has 146 valence electrons. The SMILES string of the molecule is CCCNC(=O)[C@@H](C)OC(=O)Cc1ccc(OCc2c(C)noc2C)cc1. The van der Waals surface area contributed by atoms with Crippen molar-refractivity contribution in [2.75, 3.05) is 6.54 Å². The lowest BCUT2D eigenvalue weighted by Gasteiger charge is -2.13. The van der Waals surface area contributed by atoms with Crippen LogP contribution in [0.4, 0.5) is 0 Å². The number of carbonyl (C=O) groups is 2. The van der Waals surface area contributed by atoms with Gasteiger partial charge in [-0.05, 0) is 44.9 Å². The van der Waals surface area contributed by atoms with Crippen LogP contribution in [0.25, 0.3) is 0 Å². The summed E-state index contributed by atoms with van der Waals surface area (Å²) < 4.78 is 16.0. The van der Waals surface area contributed by atoms with E-state index >= 15 is 0 Å². The Morgan fingerprint density at radius 2 is 1.93 bits per heavy atom. The number of nitrogens with one attached hydrogen (secondary N) is 1. The summed E-state index contributed by atoms with van der Waals surface area (Å²) in [5.41, 5.74) is 2.52. The van der Waals surface area contributed by atoms with Crippen LogP contribution in [0.2, 0.25) is 0 Å². The van der Waals surface area contributed by atoms with E-state index in [1.54, 1.807) is 31.2 Å². The summed E-state index contributed by atoms with van der Waals surface area (Å²) in [6.45, 7) is 8.17. The zero-order chi connectivity index (χ0) is 19.8. The van der Waals surface area contributed by atoms with E-state index < -0.39 is 12.1 Å². The van der Waals surface area contributed by atoms with Gasteiger partial charge in [0.2, 0.25) is 0 Å². The fraction of sp³-hybridized carbons (Fsp3) is 0.450. The third kappa shape index (κ3) is 6.13. The number of hydrogen-bond donors (Lipinski definition) is 1. The predicted molar refractivity (Wildman–Crippen MR) is 99.3 cm³/mol. The average Bonchev–Trinajstić information content (AvgIpc) is 2.96. The molecule has 1 N–H and O–H groups in total. The van der Waals surface area contributed by atoms with Crippen molar-refractivity contribution in [3.05, 3.63) is 46.8 Å². The molecule has 1 atom stereocenters. The molecule has 0 saturated heterocycles. The Hall–Kier alpha value is -2.83. The van der Waals surface area contributed by atoms with Gasteiger partial charge in [-0.15, -0.1) is 0 Å². The van der Waals surface area contributed by atoms with Crippen LogP contribution in [-0.4, -0.2) is 29.7 Å². The largest absolute Gasteiger partial charge is 0.489 e. The monoisotopic (exact) mass is 374 g/mol. The zero-order valence-corrected chi connectivity index (χ0v) is 16.2. The molecule has 7 heteroatoms. The summed E-state index contributed by atoms with van der Waals surface area (Å²) in [6.07, 6.45) is 0.119. The summed E-state index contributed by atoms with van der Waals surface area (Å²) >= 11 is 0. The zero-order valence-electron chi connectivity index (χ0n) is 16.2. The summed E-state index contributed by atoms with van der Waals surface area (Å²) in [4.78, 5) is 23.7. The predicted octanol–water partition coefficient (Wildman–Crippen LogP) is 2.87. The molecule has 0 radical (unpaired) electrons. The Balaban J connectivity index is 1.82. The van der Waals surface area contributed by atoms with Gasteiger partial charge in [-0.2, -0.15) is 0 Å². The van der Waals surface area contributed by atoms with Gasteiger partial charge in [-0.25, -0.2) is 0 Å². The highest BCUT2D eigenvalue weighted by molar-refractivity contribution is 5.83. The summed E-state index contributed by atoms with van der Waals surface area (Å²) in [5, 5.41) is 6.59. The minimum atomic E-state index is -0.804. The van der Waals surface area contributed by atoms with Gasteiger partial charge in [0.1, 0.15) is 18.1 Å². The van der Waals surface area contributed by atoms with Gasteiger partial charge in [-0.1, -0.05) is 24.2 Å². The van der Waals surface area contributed by atoms with Crippen molar-refractivity contribution in [3.63, 3.8) is 0 Å². The number of ether oxygens (including phenoxy) is 2. The molecular formula is C20H26N2O5. The maximum Gasteiger partial charge on any atom is 0.311 e. The Labute approximate surface area is 159 Å². The average molecular weight is 374 g/mol. The molecule has 0 aliphatic carbocycles. The Bertz CT molecular complexity index is 748. The second-order valence-electron chi connectivity index (χ2n) is 6.34. The number of aryl methyl sites for hydroxylation is 2. The van der Waals surface area contributed by atoms with E-state index in [0.717, 1.165) is 29.0 Å². The first kappa shape index (κ1) is 20.5. The van der Waals surface area contributed by atoms with E-state index in [-0.39, 0.29) is 12.3 Å². The Morgan fingerprint density at radius 3 is 2.52 bits per heavy atom. The maximum absolute atomic E-state index is 12.0. The number of nitrogens with zero attached hydrogens (tertiary/aromatic N) is 1. The smallest absolute Gasteiger partial charge is 0.311 e. The highest BCUT2D eigenvalue weighted by atomic mass is 16.5. The van der Waals surface area contributed by atoms with Crippen LogP contribution in [0.1, 0.15) is 42.8 Å². The number of aromatic nitrogens is 1. The normalized spacial score (nSPS) is 11.7. The van der Waals surface area contributed by atoms with Crippen LogP contribution >= 0.6 is 0 Å². The first-order chi connectivity index (χ1) is 12.9. The van der Waals surface area contributed by atoms with Crippen LogP contribution in [0, 0.1) is 13.8 Å². The third-order valence-electron chi connectivity index (χ3n) is 4.06. The molecule has 0 saturated carbocycles. The van der Waals surface area contributed by atoms with E-state index in [4.69, 9.17) is 14.0 Å². The maximum atomic E-state index is 12.0. The highest BCUT2D eigenvalue weighted by Gasteiger charge is 2.17. The highest BCUT2D eigenvalue weighted by Crippen LogP contribution is 2.18. The lowest BCUT2D eigenvalue weighted by Crippen LogP contribution is -2.36. The molecule has 27 heavy (non-hydrogen) atoms. The molecule has 2 aromatic rings. The third-order valence-corrected chi connectivity index (χ3v) is 4.06. The van der Waals surface area contributed by atoms with E-state index in [2.05, 4.69) is 10.5 Å². The van der Waals surface area contributed by atoms with Gasteiger partial charge in [0.25, 0.3) is 5.91 Å². The first-order valence-corrected chi connectivity index (χ1v) is 9.01. The van der Waals surface area contributed by atoms with Crippen molar-refractivity contribution in [2.24, 2.45) is 0 Å². The first-order valence-electron chi connectivity index (χ1n) is 9.01. The van der Waals surface area contributed by atoms with E-state index in [9.17, 15) is 9.59 Å². The van der Waals surface area contributed by atoms with Crippen molar-refractivity contribution in [3.8, 4) is 5.75 Å². The molecule has 7 nitrogen and oxygen atoms in total. The van der Waals surface area contributed by atoms with Gasteiger partial charge in [0, 0.05) is 6.54 Å². The molecular weight excluding hydrogens is 348 g/mol. The number of hydrogen-bond acceptors (Lipinski definition) is 6. The summed E-state index contributed by atoms with van der Waals surface area (Å²) in [6, 6.07) is 7.17. The molecule has 1 heterocycles. The molecule has 2 rings (SSSR count). The van der Waals surface area contributed by atoms with Crippen molar-refractivity contribution in [1.29, 1.82) is 0 Å². The summed E-state index contributed by atoms with van der Waals surface area (Å²) in [5.74, 6) is 0.690. The van der Waals surface area contributed by atoms with Crippen molar-refractivity contribution in [2.45, 2.75) is 53.2 Å². The number of amides is 1. The molecule has 1 aromatic heterocycles. The minimum absolute atomic E-state index is 0.0928. The topological polar surface area (TPSA) is 90.7 Å². The van der Waals surface area contributed by atoms with Crippen LogP contribution in [0.5, 0.6) is 5.75 Å². The van der Waals surface area contributed by atoms with E-state index in [1.165, 1.54) is 0 Å². The van der Waals surface area contributed by atoms with Crippen LogP contribution in [0.15, 0.2) is 28.8 Å². The molecule has 0 fully saturated rings. The molecule has 0 aliphatic heterocycles. The quantitative estimate of drug-likeness (QED) is 0.679. The fourth-order valence-electron chi connectivity index (χ4n) is 2.42. The Kier molecular flexibility index (Phi) is 7.40. The summed E-state index contributed by atoms with van der Waals surface area (Å²) in [7, 11) is 0. The van der Waals surface area contributed by atoms with Gasteiger partial charge < -0.3 is 19.3 Å². The standard InChI is InChI=1S/C20H26N2O5/c1-5-10-21-20(24)15(4)26-19(23)11-16-6-8-17(9-7-16)25-12-18-13(2)22-27-14(18)3/h6-9,15H,5,10-12H2,1-4H3,(H,21,24)/t15-/m1/s1. The van der Waals surface area contributed by atoms with Gasteiger partial charge in [0.15, 0.2) is 6.10 Å². The minimum Gasteiger partial charge on any atom is -0.489 e. The fourth-order valence-corrected chi connectivity index (χ4v) is 2.42. The second kappa shape index (κ2) is 9.75. The van der Waals surface area contributed by atoms with E-state index in [1.807, 2.05) is 20.8 Å². The number of rotatable bonds is 9. The van der Waals surface area contributed by atoms with Crippen molar-refractivity contribution in [1.82, 2.24) is 10.5 Å². The molecule has 1 aromatic carbocycles. The van der Waals surface area contributed by atoms with Gasteiger partial charge in [0.05, 0.1) is 17.7 Å². The van der Waals surface area contributed by atoms with Crippen molar-refractivity contribution >= 4 is 11.9 Å². The molecule has 0 unspecified atom stereocenters. The number of benzene rings is 1. The molecule has 0 spiro atoms. The van der Waals surface area contributed by atoms with Crippen LogP contribution in [0.3, 0.4) is 0 Å². The molecule has 0 bridgehead atoms.